The average Bonchev–Trinajstić information content (AvgIpc) is 2.53. The number of hydrogen-bond donors (Lipinski definition) is 2. The van der Waals surface area contributed by atoms with Crippen LogP contribution in [0.25, 0.3) is 0 Å². The van der Waals surface area contributed by atoms with E-state index < -0.39 is 6.04 Å². The van der Waals surface area contributed by atoms with Crippen molar-refractivity contribution in [3.05, 3.63) is 51.9 Å². The molecule has 24 heavy (non-hydrogen) atoms. The number of halogens is 2. The molecule has 1 heterocycles. The summed E-state index contributed by atoms with van der Waals surface area (Å²) in [5.74, 6) is 0.296. The van der Waals surface area contributed by atoms with E-state index >= 15 is 0 Å². The Hall–Kier alpha value is -1.46. The van der Waals surface area contributed by atoms with Crippen LogP contribution in [-0.4, -0.2) is 21.9 Å². The van der Waals surface area contributed by atoms with Gasteiger partial charge in [-0.05, 0) is 36.2 Å². The first-order chi connectivity index (χ1) is 11.5. The second kappa shape index (κ2) is 9.14. The number of rotatable bonds is 7. The predicted octanol–water partition coefficient (Wildman–Crippen LogP) is 3.45. The molecule has 0 radical (unpaired) electrons. The van der Waals surface area contributed by atoms with Crippen molar-refractivity contribution in [2.75, 3.05) is 5.32 Å². The first-order valence-electron chi connectivity index (χ1n) is 7.11. The summed E-state index contributed by atoms with van der Waals surface area (Å²) < 4.78 is 4.94. The number of carbonyl (C=O) groups is 1. The van der Waals surface area contributed by atoms with Gasteiger partial charge in [0.2, 0.25) is 11.2 Å². The Morgan fingerprint density at radius 3 is 2.71 bits per heavy atom. The zero-order chi connectivity index (χ0) is 17.5. The maximum Gasteiger partial charge on any atom is 0.242 e. The monoisotopic (exact) mass is 390 g/mol. The van der Waals surface area contributed by atoms with Gasteiger partial charge in [0.1, 0.15) is 11.9 Å². The molecular formula is C15H19Cl2N4O2P. The Morgan fingerprint density at radius 2 is 2.04 bits per heavy atom. The van der Waals surface area contributed by atoms with Crippen LogP contribution in [0, 0.1) is 0 Å². The van der Waals surface area contributed by atoms with Crippen molar-refractivity contribution < 1.29 is 10.7 Å². The summed E-state index contributed by atoms with van der Waals surface area (Å²) in [6.45, 7) is 2.43. The first-order valence-corrected chi connectivity index (χ1v) is 8.34. The molecule has 9 heteroatoms. The summed E-state index contributed by atoms with van der Waals surface area (Å²) >= 11 is 11.7. The normalized spacial score (nSPS) is 11.8. The van der Waals surface area contributed by atoms with Crippen LogP contribution in [0.3, 0.4) is 0 Å². The van der Waals surface area contributed by atoms with Gasteiger partial charge in [0, 0.05) is 28.5 Å². The van der Waals surface area contributed by atoms with Crippen molar-refractivity contribution in [2.24, 2.45) is 0 Å². The second-order valence-electron chi connectivity index (χ2n) is 5.03. The highest BCUT2D eigenvalue weighted by atomic mass is 35.5. The minimum atomic E-state index is -0.493. The molecule has 0 saturated carbocycles. The molecule has 0 aliphatic rings. The maximum atomic E-state index is 12.2. The van der Waals surface area contributed by atoms with Gasteiger partial charge in [-0.25, -0.2) is 9.97 Å². The van der Waals surface area contributed by atoms with E-state index in [1.807, 2.05) is 12.1 Å². The number of nitrogens with zero attached hydrogens (tertiary/aromatic N) is 2. The molecule has 2 rings (SSSR count). The van der Waals surface area contributed by atoms with Gasteiger partial charge in [-0.15, -0.1) is 0 Å². The van der Waals surface area contributed by atoms with E-state index in [0.29, 0.717) is 23.1 Å². The summed E-state index contributed by atoms with van der Waals surface area (Å²) in [7, 11) is 2.14. The third kappa shape index (κ3) is 5.87. The quantitative estimate of drug-likeness (QED) is 0.559. The van der Waals surface area contributed by atoms with Crippen LogP contribution in [0.2, 0.25) is 10.3 Å². The summed E-state index contributed by atoms with van der Waals surface area (Å²) in [5, 5.41) is 6.59. The van der Waals surface area contributed by atoms with Crippen molar-refractivity contribution in [2.45, 2.75) is 26.1 Å². The van der Waals surface area contributed by atoms with Crippen LogP contribution in [0.5, 0.6) is 0 Å². The Kier molecular flexibility index (Phi) is 7.18. The molecule has 0 saturated heterocycles. The minimum absolute atomic E-state index is 0. The van der Waals surface area contributed by atoms with Gasteiger partial charge in [-0.1, -0.05) is 23.7 Å². The minimum Gasteiger partial charge on any atom is -0.359 e. The second-order valence-corrected chi connectivity index (χ2v) is 6.14. The Labute approximate surface area is 154 Å². The fraction of sp³-hybridized carbons (Fsp3) is 0.267. The predicted molar refractivity (Wildman–Crippen MR) is 100 cm³/mol. The highest BCUT2D eigenvalue weighted by Crippen LogP contribution is 2.13. The first kappa shape index (κ1) is 18.9. The van der Waals surface area contributed by atoms with E-state index in [1.165, 1.54) is 0 Å². The standard InChI is InChI=1S/C15H17Cl2N4O2P.H2/c1-9(14(22)18-7-10-2-4-11(16)5-3-10)19-13-6-12(8-23-24)20-15(17)21-13;/h2-6,9H,7-8,24H2,1H3,(H,18,22)(H,19,20,21);1H/t9-;/m1./s1/i;1+2. The molecule has 2 aromatic rings. The highest BCUT2D eigenvalue weighted by Gasteiger charge is 2.14. The van der Waals surface area contributed by atoms with Crippen LogP contribution >= 0.6 is 32.7 Å². The zero-order valence-corrected chi connectivity index (χ0v) is 15.6. The molecule has 130 valence electrons. The summed E-state index contributed by atoms with van der Waals surface area (Å²) in [6, 6.07) is 8.47. The molecule has 2 N–H and O–H groups in total. The third-order valence-electron chi connectivity index (χ3n) is 3.12. The number of aromatic nitrogens is 2. The van der Waals surface area contributed by atoms with E-state index in [4.69, 9.17) is 27.7 Å². The Morgan fingerprint density at radius 1 is 1.33 bits per heavy atom. The Bertz CT molecular complexity index is 706. The molecule has 1 unspecified atom stereocenters. The highest BCUT2D eigenvalue weighted by molar-refractivity contribution is 7.09. The van der Waals surface area contributed by atoms with Crippen LogP contribution in [-0.2, 0) is 22.5 Å². The molecule has 0 aliphatic heterocycles. The summed E-state index contributed by atoms with van der Waals surface area (Å²) in [6.07, 6.45) is 0. The van der Waals surface area contributed by atoms with Crippen molar-refractivity contribution in [3.63, 3.8) is 0 Å². The third-order valence-corrected chi connectivity index (χ3v) is 3.71. The van der Waals surface area contributed by atoms with E-state index in [1.54, 1.807) is 25.1 Å². The molecule has 0 fully saturated rings. The molecule has 0 bridgehead atoms. The molecule has 0 spiro atoms. The number of amides is 1. The molecule has 1 amide bonds. The summed E-state index contributed by atoms with van der Waals surface area (Å²) in [5.41, 5.74) is 1.58. The SMILES string of the molecule is C[C@@H](Nc1cc(COP)nc(Cl)n1)C(=O)NCc1ccc(Cl)cc1.[3HH]. The molecule has 1 aromatic carbocycles. The number of carbonyl (C=O) groups excluding carboxylic acids is 1. The van der Waals surface area contributed by atoms with Crippen molar-refractivity contribution >= 4 is 44.4 Å². The van der Waals surface area contributed by atoms with E-state index in [-0.39, 0.29) is 19.2 Å². The molecule has 2 atom stereocenters. The zero-order valence-electron chi connectivity index (χ0n) is 12.9. The lowest BCUT2D eigenvalue weighted by Crippen LogP contribution is -2.37. The van der Waals surface area contributed by atoms with Gasteiger partial charge in [-0.3, -0.25) is 4.79 Å². The Balaban J connectivity index is 0.00000312. The van der Waals surface area contributed by atoms with Crippen molar-refractivity contribution in [1.29, 1.82) is 0 Å². The molecule has 0 aliphatic carbocycles. The maximum absolute atomic E-state index is 12.2. The average molecular weight is 391 g/mol. The van der Waals surface area contributed by atoms with Gasteiger partial charge in [0.25, 0.3) is 0 Å². The van der Waals surface area contributed by atoms with E-state index in [2.05, 4.69) is 30.1 Å². The number of benzene rings is 1. The fourth-order valence-corrected chi connectivity index (χ4v) is 2.43. The van der Waals surface area contributed by atoms with Crippen LogP contribution in [0.15, 0.2) is 30.3 Å². The fourth-order valence-electron chi connectivity index (χ4n) is 1.93. The number of nitrogens with one attached hydrogen (secondary N) is 2. The van der Waals surface area contributed by atoms with Crippen molar-refractivity contribution in [1.82, 2.24) is 15.3 Å². The van der Waals surface area contributed by atoms with Gasteiger partial charge in [0.15, 0.2) is 0 Å². The lowest BCUT2D eigenvalue weighted by Gasteiger charge is -2.15. The van der Waals surface area contributed by atoms with Crippen molar-refractivity contribution in [3.8, 4) is 0 Å². The van der Waals surface area contributed by atoms with E-state index in [9.17, 15) is 4.79 Å². The lowest BCUT2D eigenvalue weighted by atomic mass is 10.2. The van der Waals surface area contributed by atoms with Gasteiger partial charge >= 0.3 is 0 Å². The van der Waals surface area contributed by atoms with Crippen LogP contribution in [0.4, 0.5) is 5.82 Å². The van der Waals surface area contributed by atoms with Crippen LogP contribution < -0.4 is 10.6 Å². The molecular weight excluding hydrogens is 370 g/mol. The van der Waals surface area contributed by atoms with Crippen LogP contribution in [0.1, 0.15) is 19.6 Å². The van der Waals surface area contributed by atoms with Gasteiger partial charge < -0.3 is 15.2 Å². The van der Waals surface area contributed by atoms with Gasteiger partial charge in [0.05, 0.1) is 12.3 Å². The topological polar surface area (TPSA) is 76.1 Å². The number of hydrogen-bond acceptors (Lipinski definition) is 5. The summed E-state index contributed by atoms with van der Waals surface area (Å²) in [4.78, 5) is 20.3. The molecule has 6 nitrogen and oxygen atoms in total. The largest absolute Gasteiger partial charge is 0.359 e. The lowest BCUT2D eigenvalue weighted by molar-refractivity contribution is -0.121. The number of anilines is 1. The van der Waals surface area contributed by atoms with E-state index in [0.717, 1.165) is 5.56 Å². The smallest absolute Gasteiger partial charge is 0.242 e. The molecule has 1 aromatic heterocycles. The van der Waals surface area contributed by atoms with Gasteiger partial charge in [-0.2, -0.15) is 0 Å².